The normalized spacial score (nSPS) is 12.0. The predicted octanol–water partition coefficient (Wildman–Crippen LogP) is 4.38. The second kappa shape index (κ2) is 6.77. The molecule has 2 rings (SSSR count). The van der Waals surface area contributed by atoms with Crippen LogP contribution in [0, 0.1) is 13.8 Å². The molecule has 110 valence electrons. The minimum Gasteiger partial charge on any atom is -0.349 e. The Morgan fingerprint density at radius 2 is 1.86 bits per heavy atom. The molecule has 2 aromatic rings. The molecule has 0 aliphatic heterocycles. The number of hydrogen-bond donors (Lipinski definition) is 1. The van der Waals surface area contributed by atoms with E-state index in [1.807, 2.05) is 25.1 Å². The molecule has 1 N–H and O–H groups in total. The van der Waals surface area contributed by atoms with Crippen LogP contribution in [0.3, 0.4) is 0 Å². The van der Waals surface area contributed by atoms with Crippen LogP contribution in [0.25, 0.3) is 0 Å². The second-order valence-electron chi connectivity index (χ2n) is 5.40. The summed E-state index contributed by atoms with van der Waals surface area (Å²) >= 11 is 6.08. The summed E-state index contributed by atoms with van der Waals surface area (Å²) in [7, 11) is 0. The average molecular weight is 302 g/mol. The van der Waals surface area contributed by atoms with Gasteiger partial charge >= 0.3 is 0 Å². The summed E-state index contributed by atoms with van der Waals surface area (Å²) in [6.45, 7) is 6.16. The van der Waals surface area contributed by atoms with Crippen LogP contribution in [0.1, 0.15) is 35.2 Å². The number of benzene rings is 2. The maximum absolute atomic E-state index is 12.1. The lowest BCUT2D eigenvalue weighted by Crippen LogP contribution is -2.28. The maximum Gasteiger partial charge on any atom is 0.224 e. The van der Waals surface area contributed by atoms with E-state index in [-0.39, 0.29) is 11.9 Å². The van der Waals surface area contributed by atoms with Crippen molar-refractivity contribution in [1.82, 2.24) is 5.32 Å². The fourth-order valence-corrected chi connectivity index (χ4v) is 2.43. The van der Waals surface area contributed by atoms with E-state index in [9.17, 15) is 4.79 Å². The van der Waals surface area contributed by atoms with E-state index in [1.165, 1.54) is 11.1 Å². The number of nitrogens with one attached hydrogen (secondary N) is 1. The van der Waals surface area contributed by atoms with E-state index in [1.54, 1.807) is 6.07 Å². The van der Waals surface area contributed by atoms with Crippen LogP contribution in [-0.2, 0) is 11.2 Å². The van der Waals surface area contributed by atoms with Crippen LogP contribution in [0.15, 0.2) is 42.5 Å². The molecule has 0 unspecified atom stereocenters. The van der Waals surface area contributed by atoms with Crippen molar-refractivity contribution < 1.29 is 4.79 Å². The lowest BCUT2D eigenvalue weighted by atomic mass is 10.0. The van der Waals surface area contributed by atoms with Crippen molar-refractivity contribution in [2.75, 3.05) is 0 Å². The molecule has 0 saturated heterocycles. The van der Waals surface area contributed by atoms with Crippen molar-refractivity contribution >= 4 is 17.5 Å². The molecular formula is C18H20ClNO. The van der Waals surface area contributed by atoms with Crippen molar-refractivity contribution in [2.24, 2.45) is 0 Å². The molecule has 0 saturated carbocycles. The molecule has 0 aliphatic rings. The highest BCUT2D eigenvalue weighted by Gasteiger charge is 2.12. The fourth-order valence-electron chi connectivity index (χ4n) is 2.22. The van der Waals surface area contributed by atoms with Crippen LogP contribution in [0.5, 0.6) is 0 Å². The third kappa shape index (κ3) is 4.08. The second-order valence-corrected chi connectivity index (χ2v) is 5.81. The first kappa shape index (κ1) is 15.6. The maximum atomic E-state index is 12.1. The van der Waals surface area contributed by atoms with Crippen LogP contribution in [0.4, 0.5) is 0 Å². The van der Waals surface area contributed by atoms with Gasteiger partial charge in [-0.2, -0.15) is 0 Å². The number of halogens is 1. The SMILES string of the molecule is Cc1ccc([C@H](C)NC(=O)Cc2ccccc2Cl)cc1C. The Kier molecular flexibility index (Phi) is 5.03. The zero-order valence-corrected chi connectivity index (χ0v) is 13.4. The lowest BCUT2D eigenvalue weighted by Gasteiger charge is -2.16. The van der Waals surface area contributed by atoms with Crippen LogP contribution < -0.4 is 5.32 Å². The predicted molar refractivity (Wildman–Crippen MR) is 87.6 cm³/mol. The summed E-state index contributed by atoms with van der Waals surface area (Å²) in [6, 6.07) is 13.7. The Morgan fingerprint density at radius 3 is 2.52 bits per heavy atom. The smallest absolute Gasteiger partial charge is 0.224 e. The van der Waals surface area contributed by atoms with Gasteiger partial charge in [-0.15, -0.1) is 0 Å². The molecule has 0 bridgehead atoms. The Bertz CT molecular complexity index is 651. The van der Waals surface area contributed by atoms with Gasteiger partial charge in [0.25, 0.3) is 0 Å². The first-order valence-electron chi connectivity index (χ1n) is 7.07. The van der Waals surface area contributed by atoms with Gasteiger partial charge in [0.2, 0.25) is 5.91 Å². The molecular weight excluding hydrogens is 282 g/mol. The van der Waals surface area contributed by atoms with Crippen LogP contribution in [-0.4, -0.2) is 5.91 Å². The van der Waals surface area contributed by atoms with Crippen LogP contribution in [0.2, 0.25) is 5.02 Å². The molecule has 0 heterocycles. The Labute approximate surface area is 131 Å². The van der Waals surface area contributed by atoms with Crippen molar-refractivity contribution in [2.45, 2.75) is 33.2 Å². The van der Waals surface area contributed by atoms with Crippen LogP contribution >= 0.6 is 11.6 Å². The quantitative estimate of drug-likeness (QED) is 0.892. The number of hydrogen-bond acceptors (Lipinski definition) is 1. The number of carbonyl (C=O) groups excluding carboxylic acids is 1. The summed E-state index contributed by atoms with van der Waals surface area (Å²) < 4.78 is 0. The Balaban J connectivity index is 2.02. The molecule has 0 fully saturated rings. The Morgan fingerprint density at radius 1 is 1.14 bits per heavy atom. The summed E-state index contributed by atoms with van der Waals surface area (Å²) in [6.07, 6.45) is 0.300. The van der Waals surface area contributed by atoms with E-state index in [2.05, 4.69) is 37.4 Å². The first-order chi connectivity index (χ1) is 9.97. The summed E-state index contributed by atoms with van der Waals surface area (Å²) in [5.74, 6) is -0.0196. The van der Waals surface area contributed by atoms with Gasteiger partial charge in [-0.05, 0) is 49.1 Å². The highest BCUT2D eigenvalue weighted by molar-refractivity contribution is 6.31. The molecule has 3 heteroatoms. The van der Waals surface area contributed by atoms with Gasteiger partial charge in [-0.25, -0.2) is 0 Å². The van der Waals surface area contributed by atoms with Gasteiger partial charge in [-0.3, -0.25) is 4.79 Å². The van der Waals surface area contributed by atoms with E-state index < -0.39 is 0 Å². The van der Waals surface area contributed by atoms with Crippen molar-refractivity contribution in [3.63, 3.8) is 0 Å². The fraction of sp³-hybridized carbons (Fsp3) is 0.278. The molecule has 0 aromatic heterocycles. The molecule has 2 nitrogen and oxygen atoms in total. The summed E-state index contributed by atoms with van der Waals surface area (Å²) in [4.78, 5) is 12.1. The number of amides is 1. The Hall–Kier alpha value is -1.80. The first-order valence-corrected chi connectivity index (χ1v) is 7.45. The highest BCUT2D eigenvalue weighted by atomic mass is 35.5. The van der Waals surface area contributed by atoms with E-state index >= 15 is 0 Å². The van der Waals surface area contributed by atoms with E-state index in [0.717, 1.165) is 11.1 Å². The van der Waals surface area contributed by atoms with Crippen molar-refractivity contribution in [1.29, 1.82) is 0 Å². The van der Waals surface area contributed by atoms with Gasteiger partial charge in [0.15, 0.2) is 0 Å². The van der Waals surface area contributed by atoms with Gasteiger partial charge in [0.1, 0.15) is 0 Å². The van der Waals surface area contributed by atoms with Gasteiger partial charge in [0.05, 0.1) is 12.5 Å². The summed E-state index contributed by atoms with van der Waals surface area (Å²) in [5.41, 5.74) is 4.46. The standard InChI is InChI=1S/C18H20ClNO/c1-12-8-9-15(10-13(12)2)14(3)20-18(21)11-16-6-4-5-7-17(16)19/h4-10,14H,11H2,1-3H3,(H,20,21)/t14-/m0/s1. The summed E-state index contributed by atoms with van der Waals surface area (Å²) in [5, 5.41) is 3.65. The number of rotatable bonds is 4. The average Bonchev–Trinajstić information content (AvgIpc) is 2.44. The largest absolute Gasteiger partial charge is 0.349 e. The molecule has 0 aliphatic carbocycles. The molecule has 1 amide bonds. The third-order valence-corrected chi connectivity index (χ3v) is 4.09. The van der Waals surface area contributed by atoms with Crippen molar-refractivity contribution in [3.05, 3.63) is 69.7 Å². The minimum atomic E-state index is -0.0196. The third-order valence-electron chi connectivity index (χ3n) is 3.72. The van der Waals surface area contributed by atoms with E-state index in [0.29, 0.717) is 11.4 Å². The molecule has 21 heavy (non-hydrogen) atoms. The topological polar surface area (TPSA) is 29.1 Å². The monoisotopic (exact) mass is 301 g/mol. The highest BCUT2D eigenvalue weighted by Crippen LogP contribution is 2.18. The molecule has 2 aromatic carbocycles. The van der Waals surface area contributed by atoms with E-state index in [4.69, 9.17) is 11.6 Å². The van der Waals surface area contributed by atoms with Gasteiger partial charge in [-0.1, -0.05) is 48.0 Å². The molecule has 1 atom stereocenters. The molecule has 0 radical (unpaired) electrons. The molecule has 0 spiro atoms. The van der Waals surface area contributed by atoms with Crippen molar-refractivity contribution in [3.8, 4) is 0 Å². The number of carbonyl (C=O) groups is 1. The zero-order chi connectivity index (χ0) is 15.4. The lowest BCUT2D eigenvalue weighted by molar-refractivity contribution is -0.121. The minimum absolute atomic E-state index is 0.0145. The number of aryl methyl sites for hydroxylation is 2. The van der Waals surface area contributed by atoms with Gasteiger partial charge in [0, 0.05) is 5.02 Å². The van der Waals surface area contributed by atoms with Gasteiger partial charge < -0.3 is 5.32 Å². The zero-order valence-electron chi connectivity index (χ0n) is 12.6.